The summed E-state index contributed by atoms with van der Waals surface area (Å²) in [4.78, 5) is 13.5. The minimum atomic E-state index is -0.600. The average molecular weight is 234 g/mol. The zero-order valence-corrected chi connectivity index (χ0v) is 9.06. The lowest BCUT2D eigenvalue weighted by molar-refractivity contribution is 0.0762. The summed E-state index contributed by atoms with van der Waals surface area (Å²) in [6, 6.07) is 4.84. The molecule has 0 aliphatic carbocycles. The maximum atomic E-state index is 12.8. The molecule has 0 radical (unpaired) electrons. The Morgan fingerprint density at radius 1 is 1.59 bits per heavy atom. The highest BCUT2D eigenvalue weighted by Crippen LogP contribution is 2.24. The number of halogens is 1. The number of amides is 1. The van der Waals surface area contributed by atoms with E-state index in [4.69, 9.17) is 5.26 Å². The molecule has 17 heavy (non-hydrogen) atoms. The van der Waals surface area contributed by atoms with Gasteiger partial charge in [-0.2, -0.15) is 5.26 Å². The number of aromatic hydroxyl groups is 1. The molecular formula is C12H11FN2O2. The maximum Gasteiger partial charge on any atom is 0.258 e. The number of likely N-dealkylation sites (tertiary alicyclic amines) is 1. The second-order valence-corrected chi connectivity index (χ2v) is 3.95. The van der Waals surface area contributed by atoms with Crippen molar-refractivity contribution in [3.05, 3.63) is 29.6 Å². The smallest absolute Gasteiger partial charge is 0.258 e. The monoisotopic (exact) mass is 234 g/mol. The molecule has 1 aromatic carbocycles. The summed E-state index contributed by atoms with van der Waals surface area (Å²) in [5.74, 6) is -1.41. The highest BCUT2D eigenvalue weighted by molar-refractivity contribution is 5.97. The molecule has 1 aromatic rings. The van der Waals surface area contributed by atoms with E-state index in [1.54, 1.807) is 0 Å². The van der Waals surface area contributed by atoms with Crippen molar-refractivity contribution in [1.29, 1.82) is 5.26 Å². The van der Waals surface area contributed by atoms with E-state index in [0.29, 0.717) is 13.0 Å². The Bertz CT molecular complexity index is 496. The first-order chi connectivity index (χ1) is 8.13. The number of carbonyl (C=O) groups excluding carboxylic acids is 1. The Morgan fingerprint density at radius 2 is 2.35 bits per heavy atom. The van der Waals surface area contributed by atoms with Gasteiger partial charge >= 0.3 is 0 Å². The second kappa shape index (κ2) is 4.42. The van der Waals surface area contributed by atoms with Crippen molar-refractivity contribution in [1.82, 2.24) is 4.90 Å². The minimum Gasteiger partial charge on any atom is -0.507 e. The molecule has 1 N–H and O–H groups in total. The van der Waals surface area contributed by atoms with Crippen molar-refractivity contribution in [2.75, 3.05) is 6.54 Å². The van der Waals surface area contributed by atoms with Gasteiger partial charge in [-0.15, -0.1) is 0 Å². The van der Waals surface area contributed by atoms with E-state index in [2.05, 4.69) is 0 Å². The summed E-state index contributed by atoms with van der Waals surface area (Å²) in [7, 11) is 0. The number of nitriles is 1. The van der Waals surface area contributed by atoms with Crippen LogP contribution in [0.5, 0.6) is 5.75 Å². The van der Waals surface area contributed by atoms with Crippen LogP contribution in [0.3, 0.4) is 0 Å². The molecule has 0 saturated carbocycles. The molecule has 1 heterocycles. The maximum absolute atomic E-state index is 12.8. The molecule has 2 rings (SSSR count). The standard InChI is InChI=1S/C12H11FN2O2/c13-8-3-4-10(11(16)6-8)12(17)15-5-1-2-9(15)7-14/h3-4,6,9,16H,1-2,5H2. The lowest BCUT2D eigenvalue weighted by atomic mass is 10.1. The molecule has 1 aliphatic rings. The summed E-state index contributed by atoms with van der Waals surface area (Å²) >= 11 is 0. The van der Waals surface area contributed by atoms with E-state index in [1.807, 2.05) is 6.07 Å². The third-order valence-electron chi connectivity index (χ3n) is 2.85. The lowest BCUT2D eigenvalue weighted by Gasteiger charge is -2.19. The van der Waals surface area contributed by atoms with Gasteiger partial charge in [0.1, 0.15) is 17.6 Å². The van der Waals surface area contributed by atoms with Gasteiger partial charge in [0.25, 0.3) is 5.91 Å². The predicted octanol–water partition coefficient (Wildman–Crippen LogP) is 1.66. The van der Waals surface area contributed by atoms with E-state index < -0.39 is 23.5 Å². The van der Waals surface area contributed by atoms with Crippen molar-refractivity contribution in [3.63, 3.8) is 0 Å². The number of rotatable bonds is 1. The highest BCUT2D eigenvalue weighted by atomic mass is 19.1. The first-order valence-corrected chi connectivity index (χ1v) is 5.32. The van der Waals surface area contributed by atoms with Crippen LogP contribution in [-0.2, 0) is 0 Å². The van der Waals surface area contributed by atoms with Crippen molar-refractivity contribution >= 4 is 5.91 Å². The topological polar surface area (TPSA) is 64.3 Å². The fourth-order valence-corrected chi connectivity index (χ4v) is 1.98. The summed E-state index contributed by atoms with van der Waals surface area (Å²) in [6.45, 7) is 0.494. The van der Waals surface area contributed by atoms with E-state index in [1.165, 1.54) is 11.0 Å². The SMILES string of the molecule is N#CC1CCCN1C(=O)c1ccc(F)cc1O. The fraction of sp³-hybridized carbons (Fsp3) is 0.333. The number of nitrogens with zero attached hydrogens (tertiary/aromatic N) is 2. The average Bonchev–Trinajstić information content (AvgIpc) is 2.76. The molecule has 1 fully saturated rings. The van der Waals surface area contributed by atoms with Crippen LogP contribution in [0.25, 0.3) is 0 Å². The molecule has 1 aliphatic heterocycles. The van der Waals surface area contributed by atoms with Gasteiger partial charge in [0.15, 0.2) is 0 Å². The van der Waals surface area contributed by atoms with Crippen LogP contribution in [-0.4, -0.2) is 28.5 Å². The zero-order chi connectivity index (χ0) is 12.4. The van der Waals surface area contributed by atoms with Gasteiger partial charge in [-0.1, -0.05) is 0 Å². The van der Waals surface area contributed by atoms with Crippen LogP contribution in [0.2, 0.25) is 0 Å². The van der Waals surface area contributed by atoms with Gasteiger partial charge in [0.05, 0.1) is 11.6 Å². The Morgan fingerprint density at radius 3 is 3.00 bits per heavy atom. The first-order valence-electron chi connectivity index (χ1n) is 5.32. The summed E-state index contributed by atoms with van der Waals surface area (Å²) in [5, 5.41) is 18.4. The Balaban J connectivity index is 2.28. The Labute approximate surface area is 97.9 Å². The van der Waals surface area contributed by atoms with Gasteiger partial charge in [0.2, 0.25) is 0 Å². The lowest BCUT2D eigenvalue weighted by Crippen LogP contribution is -2.34. The summed E-state index contributed by atoms with van der Waals surface area (Å²) in [6.07, 6.45) is 1.41. The Kier molecular flexibility index (Phi) is 2.96. The van der Waals surface area contributed by atoms with Crippen LogP contribution in [0.15, 0.2) is 18.2 Å². The Hall–Kier alpha value is -2.09. The largest absolute Gasteiger partial charge is 0.507 e. The molecule has 1 saturated heterocycles. The van der Waals surface area contributed by atoms with Crippen LogP contribution in [0.1, 0.15) is 23.2 Å². The number of benzene rings is 1. The number of phenolic OH excluding ortho intramolecular Hbond substituents is 1. The normalized spacial score (nSPS) is 19.1. The fourth-order valence-electron chi connectivity index (χ4n) is 1.98. The van der Waals surface area contributed by atoms with E-state index in [9.17, 15) is 14.3 Å². The summed E-state index contributed by atoms with van der Waals surface area (Å²) < 4.78 is 12.8. The number of hydrogen-bond donors (Lipinski definition) is 1. The van der Waals surface area contributed by atoms with Crippen molar-refractivity contribution in [3.8, 4) is 11.8 Å². The third-order valence-corrected chi connectivity index (χ3v) is 2.85. The van der Waals surface area contributed by atoms with Gasteiger partial charge in [-0.25, -0.2) is 4.39 Å². The third kappa shape index (κ3) is 2.07. The molecule has 4 nitrogen and oxygen atoms in total. The van der Waals surface area contributed by atoms with Gasteiger partial charge in [0, 0.05) is 12.6 Å². The molecule has 0 aromatic heterocycles. The van der Waals surface area contributed by atoms with Crippen LogP contribution in [0.4, 0.5) is 4.39 Å². The molecule has 88 valence electrons. The van der Waals surface area contributed by atoms with E-state index in [-0.39, 0.29) is 5.56 Å². The molecule has 1 atom stereocenters. The van der Waals surface area contributed by atoms with E-state index >= 15 is 0 Å². The molecule has 5 heteroatoms. The first kappa shape index (κ1) is 11.4. The molecule has 0 bridgehead atoms. The number of hydrogen-bond acceptors (Lipinski definition) is 3. The zero-order valence-electron chi connectivity index (χ0n) is 9.06. The number of carbonyl (C=O) groups is 1. The second-order valence-electron chi connectivity index (χ2n) is 3.95. The quantitative estimate of drug-likeness (QED) is 0.803. The van der Waals surface area contributed by atoms with Gasteiger partial charge in [-0.3, -0.25) is 4.79 Å². The molecule has 1 unspecified atom stereocenters. The van der Waals surface area contributed by atoms with Crippen LogP contribution >= 0.6 is 0 Å². The highest BCUT2D eigenvalue weighted by Gasteiger charge is 2.30. The molecule has 1 amide bonds. The van der Waals surface area contributed by atoms with E-state index in [0.717, 1.165) is 18.6 Å². The molecular weight excluding hydrogens is 223 g/mol. The van der Waals surface area contributed by atoms with Crippen molar-refractivity contribution in [2.45, 2.75) is 18.9 Å². The summed E-state index contributed by atoms with van der Waals surface area (Å²) in [5.41, 5.74) is 0.0357. The van der Waals surface area contributed by atoms with Crippen LogP contribution in [0, 0.1) is 17.1 Å². The van der Waals surface area contributed by atoms with Crippen molar-refractivity contribution in [2.24, 2.45) is 0 Å². The molecule has 0 spiro atoms. The predicted molar refractivity (Wildman–Crippen MR) is 57.7 cm³/mol. The van der Waals surface area contributed by atoms with Gasteiger partial charge < -0.3 is 10.0 Å². The number of phenols is 1. The minimum absolute atomic E-state index is 0.0357. The van der Waals surface area contributed by atoms with Crippen molar-refractivity contribution < 1.29 is 14.3 Å². The van der Waals surface area contributed by atoms with Crippen LogP contribution < -0.4 is 0 Å². The van der Waals surface area contributed by atoms with Gasteiger partial charge in [-0.05, 0) is 25.0 Å².